The lowest BCUT2D eigenvalue weighted by Crippen LogP contribution is -2.13. The van der Waals surface area contributed by atoms with Crippen LogP contribution in [0.1, 0.15) is 25.7 Å². The molecule has 1 N–H and O–H groups in total. The van der Waals surface area contributed by atoms with Crippen LogP contribution in [0.4, 0.5) is 5.00 Å². The molecular formula is C19H15BrN2O3S. The first-order valence-electron chi connectivity index (χ1n) is 7.71. The lowest BCUT2D eigenvalue weighted by molar-refractivity contribution is 0.0606. The molecule has 2 heterocycles. The van der Waals surface area contributed by atoms with Crippen molar-refractivity contribution < 1.29 is 14.3 Å². The number of halogens is 1. The average molecular weight is 431 g/mol. The van der Waals surface area contributed by atoms with E-state index in [1.54, 1.807) is 25.1 Å². The van der Waals surface area contributed by atoms with E-state index in [9.17, 15) is 9.59 Å². The number of carbonyl (C=O) groups excluding carboxylic acids is 2. The Morgan fingerprint density at radius 1 is 1.15 bits per heavy atom. The molecule has 0 atom stereocenters. The fourth-order valence-corrected chi connectivity index (χ4v) is 3.62. The number of hydrogen-bond donors (Lipinski definition) is 1. The molecule has 0 radical (unpaired) electrons. The van der Waals surface area contributed by atoms with Crippen LogP contribution >= 0.6 is 27.3 Å². The Kier molecular flexibility index (Phi) is 5.49. The number of nitrogens with one attached hydrogen (secondary N) is 1. The maximum atomic E-state index is 12.5. The third kappa shape index (κ3) is 4.00. The van der Waals surface area contributed by atoms with Gasteiger partial charge in [-0.05, 0) is 43.3 Å². The van der Waals surface area contributed by atoms with Gasteiger partial charge in [0, 0.05) is 10.0 Å². The number of benzene rings is 1. The summed E-state index contributed by atoms with van der Waals surface area (Å²) < 4.78 is 5.64. The van der Waals surface area contributed by atoms with Gasteiger partial charge in [0.2, 0.25) is 0 Å². The van der Waals surface area contributed by atoms with Crippen molar-refractivity contribution in [2.24, 2.45) is 0 Å². The number of nitrogens with zero attached hydrogens (tertiary/aromatic N) is 1. The fourth-order valence-electron chi connectivity index (χ4n) is 2.40. The highest BCUT2D eigenvalue weighted by atomic mass is 79.9. The number of hydrogen-bond acceptors (Lipinski definition) is 5. The number of methoxy groups -OCH3 is 1. The zero-order chi connectivity index (χ0) is 18.7. The number of pyridine rings is 1. The van der Waals surface area contributed by atoms with E-state index < -0.39 is 5.97 Å². The Bertz CT molecular complexity index is 984. The maximum Gasteiger partial charge on any atom is 0.348 e. The van der Waals surface area contributed by atoms with Gasteiger partial charge in [-0.1, -0.05) is 28.1 Å². The minimum Gasteiger partial charge on any atom is -0.465 e. The lowest BCUT2D eigenvalue weighted by Gasteiger charge is -2.08. The number of ether oxygens (including phenoxy) is 1. The molecule has 0 saturated heterocycles. The first-order chi connectivity index (χ1) is 12.5. The summed E-state index contributed by atoms with van der Waals surface area (Å²) in [5.41, 5.74) is 2.88. The Hall–Kier alpha value is -2.51. The molecule has 26 heavy (non-hydrogen) atoms. The first kappa shape index (κ1) is 18.3. The van der Waals surface area contributed by atoms with Gasteiger partial charge in [0.25, 0.3) is 5.91 Å². The number of aryl methyl sites for hydroxylation is 1. The standard InChI is InChI=1S/C19H15BrN2O3S/c1-11-14(6-7-15(21-11)12-4-3-5-13(20)10-12)18(23)22-17-9-8-16(26-17)19(24)25-2/h3-10H,1-2H3,(H,22,23). The predicted octanol–water partition coefficient (Wildman–Crippen LogP) is 4.92. The predicted molar refractivity (Wildman–Crippen MR) is 106 cm³/mol. The molecule has 2 aromatic heterocycles. The van der Waals surface area contributed by atoms with E-state index in [4.69, 9.17) is 0 Å². The van der Waals surface area contributed by atoms with E-state index in [1.807, 2.05) is 30.3 Å². The quantitative estimate of drug-likeness (QED) is 0.596. The monoisotopic (exact) mass is 430 g/mol. The third-order valence-electron chi connectivity index (χ3n) is 3.68. The van der Waals surface area contributed by atoms with Gasteiger partial charge in [-0.25, -0.2) is 4.79 Å². The highest BCUT2D eigenvalue weighted by Gasteiger charge is 2.15. The van der Waals surface area contributed by atoms with Crippen LogP contribution in [-0.2, 0) is 4.74 Å². The smallest absolute Gasteiger partial charge is 0.348 e. The summed E-state index contributed by atoms with van der Waals surface area (Å²) in [6.07, 6.45) is 0. The van der Waals surface area contributed by atoms with Gasteiger partial charge in [0.05, 0.1) is 29.1 Å². The second kappa shape index (κ2) is 7.80. The van der Waals surface area contributed by atoms with Crippen LogP contribution in [0, 0.1) is 6.92 Å². The largest absolute Gasteiger partial charge is 0.465 e. The number of thiophene rings is 1. The Labute approximate surface area is 163 Å². The first-order valence-corrected chi connectivity index (χ1v) is 9.32. The zero-order valence-electron chi connectivity index (χ0n) is 14.1. The Morgan fingerprint density at radius 3 is 2.65 bits per heavy atom. The van der Waals surface area contributed by atoms with Crippen molar-refractivity contribution in [3.63, 3.8) is 0 Å². The minimum atomic E-state index is -0.424. The van der Waals surface area contributed by atoms with Gasteiger partial charge in [-0.3, -0.25) is 9.78 Å². The summed E-state index contributed by atoms with van der Waals surface area (Å²) >= 11 is 4.61. The van der Waals surface area contributed by atoms with Crippen LogP contribution < -0.4 is 5.32 Å². The van der Waals surface area contributed by atoms with Crippen LogP contribution in [0.2, 0.25) is 0 Å². The topological polar surface area (TPSA) is 68.3 Å². The number of anilines is 1. The van der Waals surface area contributed by atoms with Crippen LogP contribution in [0.3, 0.4) is 0 Å². The van der Waals surface area contributed by atoms with E-state index in [2.05, 4.69) is 31.0 Å². The lowest BCUT2D eigenvalue weighted by atomic mass is 10.1. The molecule has 132 valence electrons. The summed E-state index contributed by atoms with van der Waals surface area (Å²) in [5.74, 6) is -0.694. The van der Waals surface area contributed by atoms with Crippen LogP contribution in [-0.4, -0.2) is 24.0 Å². The zero-order valence-corrected chi connectivity index (χ0v) is 16.5. The molecule has 0 aliphatic carbocycles. The summed E-state index contributed by atoms with van der Waals surface area (Å²) in [5, 5.41) is 3.37. The molecule has 0 aliphatic rings. The van der Waals surface area contributed by atoms with Gasteiger partial charge in [-0.2, -0.15) is 0 Å². The highest BCUT2D eigenvalue weighted by molar-refractivity contribution is 9.10. The van der Waals surface area contributed by atoms with E-state index >= 15 is 0 Å². The molecule has 0 fully saturated rings. The van der Waals surface area contributed by atoms with E-state index in [0.717, 1.165) is 27.1 Å². The summed E-state index contributed by atoms with van der Waals surface area (Å²) in [6, 6.07) is 14.7. The Balaban J connectivity index is 1.80. The molecule has 3 rings (SSSR count). The fraction of sp³-hybridized carbons (Fsp3) is 0.105. The number of amides is 1. The summed E-state index contributed by atoms with van der Waals surface area (Å²) in [7, 11) is 1.32. The van der Waals surface area contributed by atoms with Crippen molar-refractivity contribution in [2.75, 3.05) is 12.4 Å². The van der Waals surface area contributed by atoms with Crippen molar-refractivity contribution in [3.05, 3.63) is 69.1 Å². The Morgan fingerprint density at radius 2 is 1.96 bits per heavy atom. The number of rotatable bonds is 4. The highest BCUT2D eigenvalue weighted by Crippen LogP contribution is 2.25. The van der Waals surface area contributed by atoms with Gasteiger partial charge < -0.3 is 10.1 Å². The van der Waals surface area contributed by atoms with Crippen LogP contribution in [0.5, 0.6) is 0 Å². The van der Waals surface area contributed by atoms with Gasteiger partial charge in [0.1, 0.15) is 4.88 Å². The van der Waals surface area contributed by atoms with E-state index in [-0.39, 0.29) is 5.91 Å². The van der Waals surface area contributed by atoms with Crippen molar-refractivity contribution in [1.82, 2.24) is 4.98 Å². The second-order valence-electron chi connectivity index (χ2n) is 5.45. The molecule has 7 heteroatoms. The third-order valence-corrected chi connectivity index (χ3v) is 5.15. The molecule has 5 nitrogen and oxygen atoms in total. The summed E-state index contributed by atoms with van der Waals surface area (Å²) in [6.45, 7) is 1.80. The van der Waals surface area contributed by atoms with Gasteiger partial charge in [0.15, 0.2) is 0 Å². The molecule has 1 aromatic carbocycles. The van der Waals surface area contributed by atoms with E-state index in [1.165, 1.54) is 7.11 Å². The number of carbonyl (C=O) groups is 2. The van der Waals surface area contributed by atoms with Crippen molar-refractivity contribution >= 4 is 44.1 Å². The number of esters is 1. The molecule has 0 unspecified atom stereocenters. The van der Waals surface area contributed by atoms with Crippen molar-refractivity contribution in [3.8, 4) is 11.3 Å². The van der Waals surface area contributed by atoms with Gasteiger partial charge >= 0.3 is 5.97 Å². The van der Waals surface area contributed by atoms with Gasteiger partial charge in [-0.15, -0.1) is 11.3 Å². The minimum absolute atomic E-state index is 0.269. The second-order valence-corrected chi connectivity index (χ2v) is 7.45. The molecular weight excluding hydrogens is 416 g/mol. The van der Waals surface area contributed by atoms with Crippen LogP contribution in [0.25, 0.3) is 11.3 Å². The molecule has 3 aromatic rings. The molecule has 0 spiro atoms. The molecule has 0 saturated carbocycles. The maximum absolute atomic E-state index is 12.5. The van der Waals surface area contributed by atoms with E-state index in [0.29, 0.717) is 21.1 Å². The number of aromatic nitrogens is 1. The van der Waals surface area contributed by atoms with Crippen molar-refractivity contribution in [1.29, 1.82) is 0 Å². The molecule has 1 amide bonds. The SMILES string of the molecule is COC(=O)c1ccc(NC(=O)c2ccc(-c3cccc(Br)c3)nc2C)s1. The normalized spacial score (nSPS) is 10.4. The van der Waals surface area contributed by atoms with Crippen molar-refractivity contribution in [2.45, 2.75) is 6.92 Å². The molecule has 0 bridgehead atoms. The summed E-state index contributed by atoms with van der Waals surface area (Å²) in [4.78, 5) is 29.0. The van der Waals surface area contributed by atoms with Crippen LogP contribution in [0.15, 0.2) is 53.0 Å². The average Bonchev–Trinajstić information content (AvgIpc) is 3.09. The molecule has 0 aliphatic heterocycles.